The molecule has 0 aliphatic carbocycles. The summed E-state index contributed by atoms with van der Waals surface area (Å²) in [5, 5.41) is 15.9. The van der Waals surface area contributed by atoms with Gasteiger partial charge in [-0.15, -0.1) is 0 Å². The van der Waals surface area contributed by atoms with Crippen LogP contribution in [0.2, 0.25) is 0 Å². The minimum Gasteiger partial charge on any atom is -0.480 e. The Labute approximate surface area is 98.0 Å². The van der Waals surface area contributed by atoms with Crippen LogP contribution in [0.5, 0.6) is 0 Å². The smallest absolute Gasteiger partial charge is 0.337 e. The topological polar surface area (TPSA) is 114 Å². The van der Waals surface area contributed by atoms with Gasteiger partial charge in [-0.05, 0) is 12.1 Å². The maximum atomic E-state index is 10.2. The molecule has 0 bridgehead atoms. The van der Waals surface area contributed by atoms with Crippen LogP contribution in [0.15, 0.2) is 24.5 Å². The average molecular weight is 249 g/mol. The normalized spacial score (nSPS) is 7.80. The molecule has 0 amide bonds. The summed E-state index contributed by atoms with van der Waals surface area (Å²) in [5.74, 6) is -1.91. The molecule has 1 aromatic rings. The second-order valence-corrected chi connectivity index (χ2v) is 2.14. The van der Waals surface area contributed by atoms with Crippen LogP contribution in [0.1, 0.15) is 10.4 Å². The molecular formula is C8H10N2O4V. The van der Waals surface area contributed by atoms with Crippen LogP contribution in [0.4, 0.5) is 0 Å². The first-order valence-electron chi connectivity index (χ1n) is 3.63. The van der Waals surface area contributed by atoms with Crippen LogP contribution in [0.3, 0.4) is 0 Å². The first-order valence-corrected chi connectivity index (χ1v) is 3.63. The Kier molecular flexibility index (Phi) is 9.86. The fourth-order valence-corrected chi connectivity index (χ4v) is 0.489. The SMILES string of the molecule is NCC(=O)O.O=C(O)c1cccnc1.[V]. The summed E-state index contributed by atoms with van der Waals surface area (Å²) in [6.07, 6.45) is 2.84. The van der Waals surface area contributed by atoms with E-state index >= 15 is 0 Å². The summed E-state index contributed by atoms with van der Waals surface area (Å²) in [4.78, 5) is 23.0. The molecule has 81 valence electrons. The summed E-state index contributed by atoms with van der Waals surface area (Å²) in [6, 6.07) is 3.08. The van der Waals surface area contributed by atoms with Crippen LogP contribution in [0.25, 0.3) is 0 Å². The largest absolute Gasteiger partial charge is 0.480 e. The van der Waals surface area contributed by atoms with E-state index in [0.29, 0.717) is 0 Å². The molecule has 6 nitrogen and oxygen atoms in total. The van der Waals surface area contributed by atoms with E-state index in [0.717, 1.165) is 0 Å². The van der Waals surface area contributed by atoms with Gasteiger partial charge >= 0.3 is 11.9 Å². The van der Waals surface area contributed by atoms with Gasteiger partial charge in [-0.25, -0.2) is 4.79 Å². The number of hydrogen-bond acceptors (Lipinski definition) is 4. The Balaban J connectivity index is 0. The predicted octanol–water partition coefficient (Wildman–Crippen LogP) is -0.193. The second-order valence-electron chi connectivity index (χ2n) is 2.14. The van der Waals surface area contributed by atoms with Crippen LogP contribution in [-0.2, 0) is 23.4 Å². The number of carbonyl (C=O) groups is 2. The van der Waals surface area contributed by atoms with Gasteiger partial charge in [0.25, 0.3) is 0 Å². The molecule has 1 aromatic heterocycles. The zero-order valence-electron chi connectivity index (χ0n) is 7.70. The van der Waals surface area contributed by atoms with Crippen molar-refractivity contribution in [2.75, 3.05) is 6.54 Å². The minimum absolute atomic E-state index is 0. The zero-order valence-corrected chi connectivity index (χ0v) is 9.10. The first kappa shape index (κ1) is 16.1. The van der Waals surface area contributed by atoms with Gasteiger partial charge in [0.15, 0.2) is 0 Å². The molecular weight excluding hydrogens is 239 g/mol. The van der Waals surface area contributed by atoms with Crippen molar-refractivity contribution in [3.63, 3.8) is 0 Å². The van der Waals surface area contributed by atoms with Crippen molar-refractivity contribution in [3.8, 4) is 0 Å². The van der Waals surface area contributed by atoms with Gasteiger partial charge in [0.2, 0.25) is 0 Å². The summed E-state index contributed by atoms with van der Waals surface area (Å²) in [6.45, 7) is -0.278. The first-order chi connectivity index (χ1) is 6.57. The summed E-state index contributed by atoms with van der Waals surface area (Å²) in [5.41, 5.74) is 4.79. The number of aromatic carboxylic acids is 1. The Bertz CT molecular complexity index is 305. The third-order valence-corrected chi connectivity index (χ3v) is 1.08. The Hall–Kier alpha value is -1.37. The monoisotopic (exact) mass is 249 g/mol. The molecule has 0 aromatic carbocycles. The molecule has 0 aliphatic heterocycles. The zero-order chi connectivity index (χ0) is 11.0. The third kappa shape index (κ3) is 8.95. The number of carboxylic acid groups (broad SMARTS) is 2. The molecule has 1 rings (SSSR count). The number of nitrogens with two attached hydrogens (primary N) is 1. The Morgan fingerprint density at radius 3 is 2.13 bits per heavy atom. The van der Waals surface area contributed by atoms with Gasteiger partial charge in [0, 0.05) is 30.9 Å². The standard InChI is InChI=1S/C6H5NO2.C2H5NO2.V/c8-6(9)5-2-1-3-7-4-5;3-1-2(4)5;/h1-4H,(H,8,9);1,3H2,(H,4,5);. The number of hydrogen-bond donors (Lipinski definition) is 3. The summed E-state index contributed by atoms with van der Waals surface area (Å²) in [7, 11) is 0. The van der Waals surface area contributed by atoms with E-state index in [-0.39, 0.29) is 30.7 Å². The predicted molar refractivity (Wildman–Crippen MR) is 47.9 cm³/mol. The number of aromatic nitrogens is 1. The fourth-order valence-electron chi connectivity index (χ4n) is 0.489. The van der Waals surface area contributed by atoms with Crippen LogP contribution in [-0.4, -0.2) is 33.7 Å². The average Bonchev–Trinajstić information content (AvgIpc) is 2.20. The molecule has 7 heteroatoms. The van der Waals surface area contributed by atoms with Gasteiger partial charge < -0.3 is 15.9 Å². The molecule has 0 saturated heterocycles. The van der Waals surface area contributed by atoms with Crippen LogP contribution >= 0.6 is 0 Å². The minimum atomic E-state index is -0.968. The Morgan fingerprint density at radius 2 is 1.93 bits per heavy atom. The molecule has 0 spiro atoms. The number of rotatable bonds is 2. The molecule has 0 unspecified atom stereocenters. The van der Waals surface area contributed by atoms with Gasteiger partial charge in [0.05, 0.1) is 12.1 Å². The second kappa shape index (κ2) is 9.20. The molecule has 1 heterocycles. The molecule has 4 N–H and O–H groups in total. The van der Waals surface area contributed by atoms with Crippen molar-refractivity contribution in [2.45, 2.75) is 0 Å². The molecule has 0 saturated carbocycles. The molecule has 15 heavy (non-hydrogen) atoms. The van der Waals surface area contributed by atoms with Gasteiger partial charge in [0.1, 0.15) is 0 Å². The van der Waals surface area contributed by atoms with E-state index in [1.165, 1.54) is 18.5 Å². The third-order valence-electron chi connectivity index (χ3n) is 1.08. The van der Waals surface area contributed by atoms with E-state index in [1.807, 2.05) is 0 Å². The van der Waals surface area contributed by atoms with Crippen LogP contribution in [0, 0.1) is 0 Å². The van der Waals surface area contributed by atoms with Crippen molar-refractivity contribution in [1.82, 2.24) is 4.98 Å². The van der Waals surface area contributed by atoms with Crippen molar-refractivity contribution in [1.29, 1.82) is 0 Å². The van der Waals surface area contributed by atoms with E-state index in [4.69, 9.17) is 10.2 Å². The molecule has 0 aliphatic rings. The van der Waals surface area contributed by atoms with Crippen molar-refractivity contribution in [3.05, 3.63) is 30.1 Å². The van der Waals surface area contributed by atoms with E-state index in [9.17, 15) is 9.59 Å². The van der Waals surface area contributed by atoms with Gasteiger partial charge in [-0.2, -0.15) is 0 Å². The summed E-state index contributed by atoms with van der Waals surface area (Å²) >= 11 is 0. The molecule has 0 fully saturated rings. The van der Waals surface area contributed by atoms with E-state index < -0.39 is 11.9 Å². The molecule has 1 radical (unpaired) electrons. The number of carboxylic acids is 2. The maximum absolute atomic E-state index is 10.2. The van der Waals surface area contributed by atoms with E-state index in [1.54, 1.807) is 6.07 Å². The Morgan fingerprint density at radius 1 is 1.40 bits per heavy atom. The quantitative estimate of drug-likeness (QED) is 0.669. The van der Waals surface area contributed by atoms with E-state index in [2.05, 4.69) is 10.7 Å². The van der Waals surface area contributed by atoms with Crippen molar-refractivity contribution >= 4 is 11.9 Å². The number of nitrogens with zero attached hydrogens (tertiary/aromatic N) is 1. The maximum Gasteiger partial charge on any atom is 0.337 e. The summed E-state index contributed by atoms with van der Waals surface area (Å²) < 4.78 is 0. The van der Waals surface area contributed by atoms with Crippen molar-refractivity contribution in [2.24, 2.45) is 5.73 Å². The van der Waals surface area contributed by atoms with Gasteiger partial charge in [-0.1, -0.05) is 0 Å². The number of pyridine rings is 1. The van der Waals surface area contributed by atoms with Crippen molar-refractivity contribution < 1.29 is 38.4 Å². The number of aliphatic carboxylic acids is 1. The molecule has 0 atom stereocenters. The van der Waals surface area contributed by atoms with Crippen LogP contribution < -0.4 is 5.73 Å². The fraction of sp³-hybridized carbons (Fsp3) is 0.125. The van der Waals surface area contributed by atoms with Gasteiger partial charge in [-0.3, -0.25) is 9.78 Å².